The van der Waals surface area contributed by atoms with Gasteiger partial charge in [-0.3, -0.25) is 9.69 Å². The number of morpholine rings is 1. The first-order chi connectivity index (χ1) is 14.8. The molecule has 2 fully saturated rings. The summed E-state index contributed by atoms with van der Waals surface area (Å²) in [5, 5.41) is 2.92. The SMILES string of the molecule is CC(C)CN1CCOC(CNC(=O)c2ccc(S(=O)(=O)N(C)C3CCCCC3)cc2)C1. The van der Waals surface area contributed by atoms with Gasteiger partial charge in [-0.25, -0.2) is 8.42 Å². The molecule has 1 N–H and O–H groups in total. The quantitative estimate of drug-likeness (QED) is 0.658. The van der Waals surface area contributed by atoms with Crippen LogP contribution in [0.4, 0.5) is 0 Å². The third-order valence-corrected chi connectivity index (χ3v) is 8.14. The standard InChI is InChI=1S/C23H37N3O4S/c1-18(2)16-26-13-14-30-21(17-26)15-24-23(27)19-9-11-22(12-10-19)31(28,29)25(3)20-7-5-4-6-8-20/h9-12,18,20-21H,4-8,13-17H2,1-3H3,(H,24,27). The van der Waals surface area contributed by atoms with E-state index in [0.29, 0.717) is 24.6 Å². The lowest BCUT2D eigenvalue weighted by Gasteiger charge is -2.33. The maximum atomic E-state index is 13.0. The zero-order valence-corrected chi connectivity index (χ0v) is 19.9. The molecule has 0 aromatic heterocycles. The van der Waals surface area contributed by atoms with Crippen molar-refractivity contribution in [2.45, 2.75) is 63.0 Å². The Morgan fingerprint density at radius 1 is 1.19 bits per heavy atom. The van der Waals surface area contributed by atoms with Gasteiger partial charge in [0, 0.05) is 44.8 Å². The van der Waals surface area contributed by atoms with Crippen LogP contribution in [0, 0.1) is 5.92 Å². The second kappa shape index (κ2) is 10.9. The highest BCUT2D eigenvalue weighted by Crippen LogP contribution is 2.26. The first-order valence-corrected chi connectivity index (χ1v) is 12.9. The molecule has 8 heteroatoms. The van der Waals surface area contributed by atoms with Crippen molar-refractivity contribution >= 4 is 15.9 Å². The average molecular weight is 452 g/mol. The highest BCUT2D eigenvalue weighted by atomic mass is 32.2. The molecule has 3 rings (SSSR count). The molecule has 0 bridgehead atoms. The van der Waals surface area contributed by atoms with Crippen LogP contribution in [0.1, 0.15) is 56.3 Å². The zero-order chi connectivity index (χ0) is 22.4. The second-order valence-electron chi connectivity index (χ2n) is 9.19. The Balaban J connectivity index is 1.55. The van der Waals surface area contributed by atoms with E-state index in [4.69, 9.17) is 4.74 Å². The van der Waals surface area contributed by atoms with E-state index in [-0.39, 0.29) is 22.9 Å². The normalized spacial score (nSPS) is 21.5. The number of ether oxygens (including phenoxy) is 1. The molecule has 1 heterocycles. The van der Waals surface area contributed by atoms with E-state index < -0.39 is 10.0 Å². The third kappa shape index (κ3) is 6.51. The second-order valence-corrected chi connectivity index (χ2v) is 11.2. The van der Waals surface area contributed by atoms with Crippen LogP contribution >= 0.6 is 0 Å². The summed E-state index contributed by atoms with van der Waals surface area (Å²) in [6, 6.07) is 6.30. The van der Waals surface area contributed by atoms with E-state index in [1.807, 2.05) is 0 Å². The van der Waals surface area contributed by atoms with Gasteiger partial charge in [0.2, 0.25) is 10.0 Å². The number of nitrogens with one attached hydrogen (secondary N) is 1. The largest absolute Gasteiger partial charge is 0.374 e. The number of carbonyl (C=O) groups excluding carboxylic acids is 1. The molecule has 2 aliphatic rings. The molecule has 1 amide bonds. The van der Waals surface area contributed by atoms with Crippen LogP contribution in [0.3, 0.4) is 0 Å². The summed E-state index contributed by atoms with van der Waals surface area (Å²) >= 11 is 0. The van der Waals surface area contributed by atoms with Gasteiger partial charge in [0.05, 0.1) is 17.6 Å². The maximum absolute atomic E-state index is 13.0. The van der Waals surface area contributed by atoms with E-state index in [1.165, 1.54) is 22.9 Å². The van der Waals surface area contributed by atoms with Gasteiger partial charge in [0.25, 0.3) is 5.91 Å². The smallest absolute Gasteiger partial charge is 0.251 e. The summed E-state index contributed by atoms with van der Waals surface area (Å²) in [6.45, 7) is 8.27. The zero-order valence-electron chi connectivity index (χ0n) is 19.0. The van der Waals surface area contributed by atoms with Gasteiger partial charge < -0.3 is 10.1 Å². The molecule has 0 spiro atoms. The number of hydrogen-bond acceptors (Lipinski definition) is 5. The Morgan fingerprint density at radius 3 is 2.52 bits per heavy atom. The first kappa shape index (κ1) is 24.2. The molecule has 1 saturated heterocycles. The van der Waals surface area contributed by atoms with Crippen molar-refractivity contribution < 1.29 is 17.9 Å². The van der Waals surface area contributed by atoms with Gasteiger partial charge in [0.1, 0.15) is 0 Å². The Morgan fingerprint density at radius 2 is 1.87 bits per heavy atom. The number of carbonyl (C=O) groups is 1. The minimum absolute atomic E-state index is 0.0276. The highest BCUT2D eigenvalue weighted by molar-refractivity contribution is 7.89. The molecular formula is C23H37N3O4S. The minimum Gasteiger partial charge on any atom is -0.374 e. The molecule has 1 saturated carbocycles. The number of rotatable bonds is 8. The lowest BCUT2D eigenvalue weighted by molar-refractivity contribution is -0.0295. The molecule has 1 aromatic carbocycles. The number of nitrogens with zero attached hydrogens (tertiary/aromatic N) is 2. The van der Waals surface area contributed by atoms with E-state index in [0.717, 1.165) is 45.3 Å². The minimum atomic E-state index is -3.55. The third-order valence-electron chi connectivity index (χ3n) is 6.22. The molecule has 1 unspecified atom stereocenters. The summed E-state index contributed by atoms with van der Waals surface area (Å²) in [6.07, 6.45) is 5.12. The molecule has 174 valence electrons. The first-order valence-electron chi connectivity index (χ1n) is 11.5. The van der Waals surface area contributed by atoms with E-state index >= 15 is 0 Å². The predicted molar refractivity (Wildman–Crippen MR) is 122 cm³/mol. The Labute approximate surface area is 187 Å². The molecule has 1 aliphatic carbocycles. The molecule has 1 aromatic rings. The maximum Gasteiger partial charge on any atom is 0.251 e. The van der Waals surface area contributed by atoms with Crippen molar-refractivity contribution in [1.82, 2.24) is 14.5 Å². The van der Waals surface area contributed by atoms with Gasteiger partial charge in [-0.2, -0.15) is 4.31 Å². The molecule has 7 nitrogen and oxygen atoms in total. The number of sulfonamides is 1. The fourth-order valence-electron chi connectivity index (χ4n) is 4.48. The molecule has 1 aliphatic heterocycles. The van der Waals surface area contributed by atoms with Crippen molar-refractivity contribution in [3.63, 3.8) is 0 Å². The van der Waals surface area contributed by atoms with Crippen molar-refractivity contribution in [3.05, 3.63) is 29.8 Å². The van der Waals surface area contributed by atoms with Crippen LogP contribution in [-0.4, -0.2) is 75.5 Å². The number of amides is 1. The molecule has 31 heavy (non-hydrogen) atoms. The number of hydrogen-bond donors (Lipinski definition) is 1. The molecular weight excluding hydrogens is 414 g/mol. The van der Waals surface area contributed by atoms with Crippen LogP contribution in [0.25, 0.3) is 0 Å². The van der Waals surface area contributed by atoms with E-state index in [9.17, 15) is 13.2 Å². The van der Waals surface area contributed by atoms with Crippen LogP contribution in [0.15, 0.2) is 29.2 Å². The Kier molecular flexibility index (Phi) is 8.50. The topological polar surface area (TPSA) is 79.0 Å². The van der Waals surface area contributed by atoms with Crippen LogP contribution in [-0.2, 0) is 14.8 Å². The van der Waals surface area contributed by atoms with Crippen LogP contribution < -0.4 is 5.32 Å². The lowest BCUT2D eigenvalue weighted by atomic mass is 9.96. The van der Waals surface area contributed by atoms with Gasteiger partial charge in [-0.15, -0.1) is 0 Å². The van der Waals surface area contributed by atoms with Crippen LogP contribution in [0.5, 0.6) is 0 Å². The molecule has 1 atom stereocenters. The van der Waals surface area contributed by atoms with Crippen molar-refractivity contribution in [1.29, 1.82) is 0 Å². The van der Waals surface area contributed by atoms with Gasteiger partial charge in [0.15, 0.2) is 0 Å². The summed E-state index contributed by atoms with van der Waals surface area (Å²) in [7, 11) is -1.89. The fourth-order valence-corrected chi connectivity index (χ4v) is 5.90. The van der Waals surface area contributed by atoms with Gasteiger partial charge in [-0.1, -0.05) is 33.1 Å². The van der Waals surface area contributed by atoms with Crippen molar-refractivity contribution in [2.24, 2.45) is 5.92 Å². The molecule has 0 radical (unpaired) electrons. The van der Waals surface area contributed by atoms with Gasteiger partial charge in [-0.05, 0) is 43.0 Å². The fraction of sp³-hybridized carbons (Fsp3) is 0.696. The Bertz CT molecular complexity index is 820. The lowest BCUT2D eigenvalue weighted by Crippen LogP contribution is -2.48. The predicted octanol–water partition coefficient (Wildman–Crippen LogP) is 2.73. The Hall–Kier alpha value is -1.48. The van der Waals surface area contributed by atoms with Crippen molar-refractivity contribution in [2.75, 3.05) is 39.8 Å². The monoisotopic (exact) mass is 451 g/mol. The van der Waals surface area contributed by atoms with Crippen molar-refractivity contribution in [3.8, 4) is 0 Å². The van der Waals surface area contributed by atoms with E-state index in [2.05, 4.69) is 24.1 Å². The average Bonchev–Trinajstić information content (AvgIpc) is 2.77. The number of benzene rings is 1. The van der Waals surface area contributed by atoms with Crippen LogP contribution in [0.2, 0.25) is 0 Å². The summed E-state index contributed by atoms with van der Waals surface area (Å²) in [5.41, 5.74) is 0.453. The van der Waals surface area contributed by atoms with Gasteiger partial charge >= 0.3 is 0 Å². The summed E-state index contributed by atoms with van der Waals surface area (Å²) < 4.78 is 33.2. The van der Waals surface area contributed by atoms with E-state index in [1.54, 1.807) is 19.2 Å². The summed E-state index contributed by atoms with van der Waals surface area (Å²) in [4.78, 5) is 15.2. The summed E-state index contributed by atoms with van der Waals surface area (Å²) in [5.74, 6) is 0.384. The highest BCUT2D eigenvalue weighted by Gasteiger charge is 2.29.